The third kappa shape index (κ3) is 3.71. The molecule has 1 aliphatic carbocycles. The first-order chi connectivity index (χ1) is 9.67. The van der Waals surface area contributed by atoms with Crippen LogP contribution in [-0.4, -0.2) is 19.6 Å². The molecule has 20 heavy (non-hydrogen) atoms. The summed E-state index contributed by atoms with van der Waals surface area (Å²) in [5, 5.41) is 6.62. The molecular formula is C16H24FN3. The molecule has 0 unspecified atom stereocenters. The lowest BCUT2D eigenvalue weighted by Crippen LogP contribution is -2.46. The topological polar surface area (TPSA) is 36.4 Å². The van der Waals surface area contributed by atoms with Gasteiger partial charge < -0.3 is 10.6 Å². The van der Waals surface area contributed by atoms with Gasteiger partial charge in [-0.05, 0) is 42.4 Å². The summed E-state index contributed by atoms with van der Waals surface area (Å²) in [6, 6.07) is 6.63. The van der Waals surface area contributed by atoms with Crippen molar-refractivity contribution in [3.8, 4) is 0 Å². The van der Waals surface area contributed by atoms with Crippen LogP contribution in [0.2, 0.25) is 0 Å². The standard InChI is InChI=1S/C16H24FN3/c1-3-16(8-5-9-16)12-20-15(18-2)19-11-13-6-4-7-14(17)10-13/h4,6-7,10H,3,5,8-9,11-12H2,1-2H3,(H2,18,19,20). The Morgan fingerprint density at radius 1 is 1.35 bits per heavy atom. The molecule has 0 amide bonds. The zero-order valence-electron chi connectivity index (χ0n) is 12.4. The van der Waals surface area contributed by atoms with Crippen molar-refractivity contribution in [2.24, 2.45) is 10.4 Å². The second-order valence-electron chi connectivity index (χ2n) is 5.62. The molecule has 0 radical (unpaired) electrons. The number of hydrogen-bond acceptors (Lipinski definition) is 1. The van der Waals surface area contributed by atoms with Gasteiger partial charge in [-0.15, -0.1) is 0 Å². The van der Waals surface area contributed by atoms with Crippen LogP contribution in [0, 0.1) is 11.2 Å². The first-order valence-electron chi connectivity index (χ1n) is 7.36. The average molecular weight is 277 g/mol. The third-order valence-corrected chi connectivity index (χ3v) is 4.37. The summed E-state index contributed by atoms with van der Waals surface area (Å²) in [6.07, 6.45) is 5.15. The Kier molecular flexibility index (Phi) is 4.99. The lowest BCUT2D eigenvalue weighted by molar-refractivity contribution is 0.131. The number of guanidine groups is 1. The number of rotatable bonds is 5. The molecule has 1 saturated carbocycles. The zero-order valence-corrected chi connectivity index (χ0v) is 12.4. The molecule has 0 saturated heterocycles. The summed E-state index contributed by atoms with van der Waals surface area (Å²) in [4.78, 5) is 4.22. The smallest absolute Gasteiger partial charge is 0.191 e. The van der Waals surface area contributed by atoms with E-state index in [0.717, 1.165) is 18.1 Å². The van der Waals surface area contributed by atoms with Gasteiger partial charge in [-0.2, -0.15) is 0 Å². The van der Waals surface area contributed by atoms with Gasteiger partial charge in [-0.1, -0.05) is 25.5 Å². The van der Waals surface area contributed by atoms with E-state index in [2.05, 4.69) is 22.5 Å². The number of nitrogens with zero attached hydrogens (tertiary/aromatic N) is 1. The normalized spacial score (nSPS) is 17.4. The van der Waals surface area contributed by atoms with E-state index in [4.69, 9.17) is 0 Å². The van der Waals surface area contributed by atoms with Gasteiger partial charge in [0.2, 0.25) is 0 Å². The first-order valence-corrected chi connectivity index (χ1v) is 7.36. The predicted molar refractivity (Wildman–Crippen MR) is 81.2 cm³/mol. The van der Waals surface area contributed by atoms with Crippen molar-refractivity contribution in [1.29, 1.82) is 0 Å². The quantitative estimate of drug-likeness (QED) is 0.641. The van der Waals surface area contributed by atoms with Crippen LogP contribution >= 0.6 is 0 Å². The minimum atomic E-state index is -0.202. The van der Waals surface area contributed by atoms with Crippen LogP contribution in [0.25, 0.3) is 0 Å². The van der Waals surface area contributed by atoms with Crippen molar-refractivity contribution in [3.63, 3.8) is 0 Å². The third-order valence-electron chi connectivity index (χ3n) is 4.37. The van der Waals surface area contributed by atoms with E-state index in [-0.39, 0.29) is 5.82 Å². The molecule has 2 rings (SSSR count). The van der Waals surface area contributed by atoms with Crippen molar-refractivity contribution >= 4 is 5.96 Å². The maximum atomic E-state index is 13.1. The van der Waals surface area contributed by atoms with Crippen LogP contribution in [0.5, 0.6) is 0 Å². The molecule has 0 heterocycles. The van der Waals surface area contributed by atoms with Gasteiger partial charge in [0.25, 0.3) is 0 Å². The molecule has 1 aliphatic rings. The molecule has 0 aromatic heterocycles. The van der Waals surface area contributed by atoms with Crippen LogP contribution in [-0.2, 0) is 6.54 Å². The molecule has 0 bridgehead atoms. The lowest BCUT2D eigenvalue weighted by Gasteiger charge is -2.41. The van der Waals surface area contributed by atoms with Gasteiger partial charge in [0.15, 0.2) is 5.96 Å². The molecule has 1 fully saturated rings. The average Bonchev–Trinajstić information content (AvgIpc) is 2.41. The summed E-state index contributed by atoms with van der Waals surface area (Å²) in [7, 11) is 1.76. The van der Waals surface area contributed by atoms with Crippen LogP contribution in [0.4, 0.5) is 4.39 Å². The highest BCUT2D eigenvalue weighted by Crippen LogP contribution is 2.42. The SMILES string of the molecule is CCC1(CNC(=NC)NCc2cccc(F)c2)CCC1. The van der Waals surface area contributed by atoms with Crippen molar-refractivity contribution < 1.29 is 4.39 Å². The molecule has 1 aromatic carbocycles. The Balaban J connectivity index is 1.81. The fourth-order valence-electron chi connectivity index (χ4n) is 2.66. The molecule has 110 valence electrons. The maximum absolute atomic E-state index is 13.1. The second-order valence-corrected chi connectivity index (χ2v) is 5.62. The van der Waals surface area contributed by atoms with E-state index in [1.54, 1.807) is 19.2 Å². The summed E-state index contributed by atoms with van der Waals surface area (Å²) in [6.45, 7) is 3.80. The van der Waals surface area contributed by atoms with E-state index in [9.17, 15) is 4.39 Å². The Morgan fingerprint density at radius 2 is 2.15 bits per heavy atom. The fraction of sp³-hybridized carbons (Fsp3) is 0.562. The minimum absolute atomic E-state index is 0.202. The van der Waals surface area contributed by atoms with E-state index < -0.39 is 0 Å². The lowest BCUT2D eigenvalue weighted by atomic mass is 9.67. The number of halogens is 1. The van der Waals surface area contributed by atoms with Gasteiger partial charge in [0.1, 0.15) is 5.82 Å². The highest BCUT2D eigenvalue weighted by molar-refractivity contribution is 5.79. The Morgan fingerprint density at radius 3 is 2.70 bits per heavy atom. The highest BCUT2D eigenvalue weighted by atomic mass is 19.1. The van der Waals surface area contributed by atoms with E-state index in [1.807, 2.05) is 6.07 Å². The number of nitrogens with one attached hydrogen (secondary N) is 2. The molecule has 0 aliphatic heterocycles. The van der Waals surface area contributed by atoms with Gasteiger partial charge in [-0.3, -0.25) is 4.99 Å². The largest absolute Gasteiger partial charge is 0.356 e. The van der Waals surface area contributed by atoms with Gasteiger partial charge >= 0.3 is 0 Å². The maximum Gasteiger partial charge on any atom is 0.191 e. The molecule has 4 heteroatoms. The van der Waals surface area contributed by atoms with Crippen LogP contribution < -0.4 is 10.6 Å². The highest BCUT2D eigenvalue weighted by Gasteiger charge is 2.34. The fourth-order valence-corrected chi connectivity index (χ4v) is 2.66. The van der Waals surface area contributed by atoms with E-state index >= 15 is 0 Å². The molecule has 1 aromatic rings. The van der Waals surface area contributed by atoms with E-state index in [1.165, 1.54) is 31.7 Å². The molecule has 2 N–H and O–H groups in total. The van der Waals surface area contributed by atoms with Gasteiger partial charge in [0.05, 0.1) is 0 Å². The van der Waals surface area contributed by atoms with Crippen LogP contribution in [0.3, 0.4) is 0 Å². The Bertz CT molecular complexity index is 461. The zero-order chi connectivity index (χ0) is 14.4. The molecule has 0 spiro atoms. The molecular weight excluding hydrogens is 253 g/mol. The number of benzene rings is 1. The molecule has 3 nitrogen and oxygen atoms in total. The summed E-state index contributed by atoms with van der Waals surface area (Å²) in [5.41, 5.74) is 1.37. The Labute approximate surface area is 120 Å². The molecule has 0 atom stereocenters. The van der Waals surface area contributed by atoms with Gasteiger partial charge in [0, 0.05) is 20.1 Å². The van der Waals surface area contributed by atoms with Gasteiger partial charge in [-0.25, -0.2) is 4.39 Å². The van der Waals surface area contributed by atoms with E-state index in [0.29, 0.717) is 12.0 Å². The van der Waals surface area contributed by atoms with Crippen molar-refractivity contribution in [2.45, 2.75) is 39.2 Å². The van der Waals surface area contributed by atoms with Crippen LogP contribution in [0.15, 0.2) is 29.3 Å². The van der Waals surface area contributed by atoms with Crippen LogP contribution in [0.1, 0.15) is 38.2 Å². The Hall–Kier alpha value is -1.58. The first kappa shape index (κ1) is 14.8. The summed E-state index contributed by atoms with van der Waals surface area (Å²) in [5.74, 6) is 0.584. The summed E-state index contributed by atoms with van der Waals surface area (Å²) >= 11 is 0. The number of aliphatic imine (C=N–C) groups is 1. The van der Waals surface area contributed by atoms with Crippen molar-refractivity contribution in [1.82, 2.24) is 10.6 Å². The van der Waals surface area contributed by atoms with Crippen molar-refractivity contribution in [2.75, 3.05) is 13.6 Å². The number of hydrogen-bond donors (Lipinski definition) is 2. The monoisotopic (exact) mass is 277 g/mol. The minimum Gasteiger partial charge on any atom is -0.356 e. The second kappa shape index (κ2) is 6.73. The summed E-state index contributed by atoms with van der Waals surface area (Å²) < 4.78 is 13.1. The predicted octanol–water partition coefficient (Wildman–Crippen LogP) is 3.07. The van der Waals surface area contributed by atoms with Crippen molar-refractivity contribution in [3.05, 3.63) is 35.6 Å².